The molecular formula is C28H37F3N2O2. The smallest absolute Gasteiger partial charge is 0.353 e. The largest absolute Gasteiger partial charge is 0.415 e. The van der Waals surface area contributed by atoms with Gasteiger partial charge in [0.2, 0.25) is 11.8 Å². The molecule has 5 rings (SSSR count). The Kier molecular flexibility index (Phi) is 5.80. The summed E-state index contributed by atoms with van der Waals surface area (Å²) in [5.41, 5.74) is -2.60. The van der Waals surface area contributed by atoms with Crippen LogP contribution in [0.15, 0.2) is 30.3 Å². The van der Waals surface area contributed by atoms with E-state index in [1.54, 1.807) is 18.2 Å². The summed E-state index contributed by atoms with van der Waals surface area (Å²) in [5.74, 6) is 0.548. The summed E-state index contributed by atoms with van der Waals surface area (Å²) in [7, 11) is 0. The standard InChI is InChI=1S/C28H37F3N2O2/c1-25-15-13-20-18(9-12-22-26(20,2)16-14-23(34)32-22)19(25)10-11-21(25)24(35)33-27(3,28(29,30)31)17-7-5-4-6-8-17/h4-8,18-22H,9-16H2,1-3H3,(H,32,34)(H,33,35)/t18-,19-,20-,21+,22+,25-,26+,27?/m0/s1. The molecular weight excluding hydrogens is 453 g/mol. The maximum atomic E-state index is 14.3. The van der Waals surface area contributed by atoms with Crippen LogP contribution < -0.4 is 10.6 Å². The maximum Gasteiger partial charge on any atom is 0.415 e. The second-order valence-corrected chi connectivity index (χ2v) is 12.2. The number of halogens is 3. The molecule has 4 aliphatic rings. The Hall–Kier alpha value is -2.05. The van der Waals surface area contributed by atoms with Gasteiger partial charge in [-0.15, -0.1) is 0 Å². The van der Waals surface area contributed by atoms with Gasteiger partial charge in [-0.1, -0.05) is 44.2 Å². The van der Waals surface area contributed by atoms with E-state index in [2.05, 4.69) is 24.5 Å². The first-order valence-electron chi connectivity index (χ1n) is 13.1. The highest BCUT2D eigenvalue weighted by Gasteiger charge is 2.62. The van der Waals surface area contributed by atoms with E-state index in [0.29, 0.717) is 30.6 Å². The van der Waals surface area contributed by atoms with Gasteiger partial charge in [-0.2, -0.15) is 13.2 Å². The molecule has 2 amide bonds. The first-order chi connectivity index (χ1) is 16.4. The van der Waals surface area contributed by atoms with E-state index in [-0.39, 0.29) is 28.3 Å². The molecule has 1 aromatic rings. The van der Waals surface area contributed by atoms with Crippen molar-refractivity contribution < 1.29 is 22.8 Å². The van der Waals surface area contributed by atoms with Gasteiger partial charge in [0.05, 0.1) is 0 Å². The van der Waals surface area contributed by atoms with Gasteiger partial charge in [0, 0.05) is 18.4 Å². The minimum absolute atomic E-state index is 0.0508. The first-order valence-corrected chi connectivity index (χ1v) is 13.1. The van der Waals surface area contributed by atoms with Crippen LogP contribution in [0.2, 0.25) is 0 Å². The van der Waals surface area contributed by atoms with E-state index in [4.69, 9.17) is 0 Å². The molecule has 8 atom stereocenters. The molecule has 1 saturated heterocycles. The van der Waals surface area contributed by atoms with Crippen molar-refractivity contribution in [2.45, 2.75) is 89.9 Å². The van der Waals surface area contributed by atoms with E-state index < -0.39 is 23.5 Å². The SMILES string of the molecule is CC(NC(=O)[C@H]1CC[C@H]2[C@@H]3CC[C@H]4NC(=O)CC[C@]4(C)[C@H]3CC[C@]12C)(c1ccccc1)C(F)(F)F. The fourth-order valence-corrected chi connectivity index (χ4v) is 8.54. The normalized spacial score (nSPS) is 40.5. The Morgan fingerprint density at radius 3 is 2.34 bits per heavy atom. The van der Waals surface area contributed by atoms with E-state index in [1.807, 2.05) is 0 Å². The number of carbonyl (C=O) groups excluding carboxylic acids is 2. The molecule has 35 heavy (non-hydrogen) atoms. The zero-order valence-corrected chi connectivity index (χ0v) is 20.9. The highest BCUT2D eigenvalue weighted by atomic mass is 19.4. The van der Waals surface area contributed by atoms with Crippen LogP contribution in [0.3, 0.4) is 0 Å². The number of amides is 2. The summed E-state index contributed by atoms with van der Waals surface area (Å²) in [5, 5.41) is 5.70. The van der Waals surface area contributed by atoms with E-state index in [9.17, 15) is 22.8 Å². The van der Waals surface area contributed by atoms with Crippen LogP contribution in [0, 0.1) is 34.5 Å². The molecule has 1 aromatic carbocycles. The van der Waals surface area contributed by atoms with Gasteiger partial charge in [-0.3, -0.25) is 9.59 Å². The third-order valence-corrected chi connectivity index (χ3v) is 10.7. The van der Waals surface area contributed by atoms with Crippen LogP contribution >= 0.6 is 0 Å². The van der Waals surface area contributed by atoms with Crippen LogP contribution in [0.4, 0.5) is 13.2 Å². The number of benzene rings is 1. The molecule has 0 spiro atoms. The maximum absolute atomic E-state index is 14.3. The van der Waals surface area contributed by atoms with Crippen LogP contribution in [0.1, 0.15) is 77.7 Å². The summed E-state index contributed by atoms with van der Waals surface area (Å²) in [6, 6.07) is 7.90. The van der Waals surface area contributed by atoms with Crippen molar-refractivity contribution in [3.8, 4) is 0 Å². The highest BCUT2D eigenvalue weighted by Crippen LogP contribution is 2.65. The van der Waals surface area contributed by atoms with Crippen LogP contribution in [0.5, 0.6) is 0 Å². The molecule has 4 nitrogen and oxygen atoms in total. The number of hydrogen-bond acceptors (Lipinski definition) is 2. The second kappa shape index (κ2) is 8.24. The number of alkyl halides is 3. The number of fused-ring (bicyclic) bond motifs is 5. The zero-order valence-electron chi connectivity index (χ0n) is 20.9. The lowest BCUT2D eigenvalue weighted by Crippen LogP contribution is -2.61. The average Bonchev–Trinajstić information content (AvgIpc) is 3.16. The predicted octanol–water partition coefficient (Wildman–Crippen LogP) is 5.72. The van der Waals surface area contributed by atoms with Crippen molar-refractivity contribution in [1.29, 1.82) is 0 Å². The Labute approximate surface area is 205 Å². The molecule has 3 saturated carbocycles. The van der Waals surface area contributed by atoms with Gasteiger partial charge in [0.25, 0.3) is 0 Å². The molecule has 4 fully saturated rings. The zero-order chi connectivity index (χ0) is 25.2. The van der Waals surface area contributed by atoms with E-state index in [1.165, 1.54) is 12.1 Å². The quantitative estimate of drug-likeness (QED) is 0.570. The molecule has 1 heterocycles. The van der Waals surface area contributed by atoms with Gasteiger partial charge in [-0.05, 0) is 86.0 Å². The summed E-state index contributed by atoms with van der Waals surface area (Å²) in [4.78, 5) is 25.6. The molecule has 1 aliphatic heterocycles. The van der Waals surface area contributed by atoms with Crippen molar-refractivity contribution >= 4 is 11.8 Å². The minimum Gasteiger partial charge on any atom is -0.353 e. The molecule has 2 N–H and O–H groups in total. The monoisotopic (exact) mass is 490 g/mol. The summed E-state index contributed by atoms with van der Waals surface area (Å²) in [6.07, 6.45) is 2.17. The lowest BCUT2D eigenvalue weighted by Gasteiger charge is -2.60. The van der Waals surface area contributed by atoms with Gasteiger partial charge < -0.3 is 10.6 Å². The number of rotatable bonds is 3. The number of nitrogens with one attached hydrogen (secondary N) is 2. The first kappa shape index (κ1) is 24.6. The molecule has 192 valence electrons. The fourth-order valence-electron chi connectivity index (χ4n) is 8.54. The Morgan fingerprint density at radius 1 is 0.971 bits per heavy atom. The van der Waals surface area contributed by atoms with Crippen molar-refractivity contribution in [3.63, 3.8) is 0 Å². The Balaban J connectivity index is 1.38. The van der Waals surface area contributed by atoms with E-state index >= 15 is 0 Å². The van der Waals surface area contributed by atoms with Crippen LogP contribution in [0.25, 0.3) is 0 Å². The van der Waals surface area contributed by atoms with Gasteiger partial charge >= 0.3 is 6.18 Å². The van der Waals surface area contributed by atoms with Crippen molar-refractivity contribution in [2.24, 2.45) is 34.5 Å². The van der Waals surface area contributed by atoms with Crippen LogP contribution in [-0.4, -0.2) is 24.0 Å². The predicted molar refractivity (Wildman–Crippen MR) is 127 cm³/mol. The molecule has 1 unspecified atom stereocenters. The third kappa shape index (κ3) is 3.71. The Bertz CT molecular complexity index is 998. The summed E-state index contributed by atoms with van der Waals surface area (Å²) in [6.45, 7) is 5.55. The summed E-state index contributed by atoms with van der Waals surface area (Å²) < 4.78 is 42.8. The van der Waals surface area contributed by atoms with Gasteiger partial charge in [-0.25, -0.2) is 0 Å². The lowest BCUT2D eigenvalue weighted by molar-refractivity contribution is -0.199. The van der Waals surface area contributed by atoms with Crippen molar-refractivity contribution in [1.82, 2.24) is 10.6 Å². The number of piperidine rings is 1. The molecule has 0 bridgehead atoms. The Morgan fingerprint density at radius 2 is 1.66 bits per heavy atom. The highest BCUT2D eigenvalue weighted by molar-refractivity contribution is 5.81. The number of carbonyl (C=O) groups is 2. The average molecular weight is 491 g/mol. The van der Waals surface area contributed by atoms with Crippen LogP contribution in [-0.2, 0) is 15.1 Å². The molecule has 7 heteroatoms. The number of hydrogen-bond donors (Lipinski definition) is 2. The molecule has 0 radical (unpaired) electrons. The molecule has 0 aromatic heterocycles. The van der Waals surface area contributed by atoms with Gasteiger partial charge in [0.15, 0.2) is 5.54 Å². The lowest BCUT2D eigenvalue weighted by atomic mass is 9.47. The minimum atomic E-state index is -4.61. The topological polar surface area (TPSA) is 58.2 Å². The summed E-state index contributed by atoms with van der Waals surface area (Å²) >= 11 is 0. The fraction of sp³-hybridized carbons (Fsp3) is 0.714. The van der Waals surface area contributed by atoms with E-state index in [0.717, 1.165) is 45.4 Å². The van der Waals surface area contributed by atoms with Crippen molar-refractivity contribution in [2.75, 3.05) is 0 Å². The van der Waals surface area contributed by atoms with Crippen molar-refractivity contribution in [3.05, 3.63) is 35.9 Å². The third-order valence-electron chi connectivity index (χ3n) is 10.7. The molecule has 3 aliphatic carbocycles. The van der Waals surface area contributed by atoms with Gasteiger partial charge in [0.1, 0.15) is 0 Å². The second-order valence-electron chi connectivity index (χ2n) is 12.2.